The third kappa shape index (κ3) is 3.80. The van der Waals surface area contributed by atoms with Gasteiger partial charge in [0.25, 0.3) is 11.5 Å². The summed E-state index contributed by atoms with van der Waals surface area (Å²) in [6.45, 7) is 4.37. The number of rotatable bonds is 4. The second-order valence-electron chi connectivity index (χ2n) is 5.84. The molecule has 3 rings (SSSR count). The van der Waals surface area contributed by atoms with Gasteiger partial charge in [-0.3, -0.25) is 14.6 Å². The molecule has 0 fully saturated rings. The highest BCUT2D eigenvalue weighted by Gasteiger charge is 2.13. The summed E-state index contributed by atoms with van der Waals surface area (Å²) in [5.74, 6) is -0.432. The molecule has 1 aromatic carbocycles. The first-order valence-corrected chi connectivity index (χ1v) is 7.89. The Morgan fingerprint density at radius 2 is 1.88 bits per heavy atom. The topological polar surface area (TPSA) is 87.7 Å². The molecule has 1 amide bonds. The summed E-state index contributed by atoms with van der Waals surface area (Å²) in [5, 5.41) is 9.16. The Balaban J connectivity index is 1.81. The highest BCUT2D eigenvalue weighted by molar-refractivity contribution is 5.94. The SMILES string of the molecule is Cc1ccc(CNC(=O)c2cc(-c3ccncc3)n[nH]c2=O)c(C)c1. The van der Waals surface area contributed by atoms with Crippen molar-refractivity contribution in [1.29, 1.82) is 0 Å². The van der Waals surface area contributed by atoms with Gasteiger partial charge in [-0.1, -0.05) is 23.8 Å². The summed E-state index contributed by atoms with van der Waals surface area (Å²) in [7, 11) is 0. The van der Waals surface area contributed by atoms with Gasteiger partial charge in [-0.2, -0.15) is 5.10 Å². The third-order valence-corrected chi connectivity index (χ3v) is 3.96. The molecule has 0 saturated heterocycles. The molecule has 6 nitrogen and oxygen atoms in total. The zero-order valence-electron chi connectivity index (χ0n) is 14.0. The molecular weight excluding hydrogens is 316 g/mol. The van der Waals surface area contributed by atoms with Crippen LogP contribution in [-0.4, -0.2) is 21.1 Å². The van der Waals surface area contributed by atoms with Gasteiger partial charge in [0.15, 0.2) is 0 Å². The van der Waals surface area contributed by atoms with Crippen LogP contribution in [0.4, 0.5) is 0 Å². The van der Waals surface area contributed by atoms with E-state index in [4.69, 9.17) is 0 Å². The average molecular weight is 334 g/mol. The Labute approximate surface area is 145 Å². The summed E-state index contributed by atoms with van der Waals surface area (Å²) < 4.78 is 0. The summed E-state index contributed by atoms with van der Waals surface area (Å²) in [6.07, 6.45) is 3.25. The van der Waals surface area contributed by atoms with E-state index in [0.29, 0.717) is 12.2 Å². The van der Waals surface area contributed by atoms with Crippen LogP contribution in [0.5, 0.6) is 0 Å². The predicted octanol–water partition coefficient (Wildman–Crippen LogP) is 2.38. The molecule has 0 spiro atoms. The first kappa shape index (κ1) is 16.6. The van der Waals surface area contributed by atoms with Crippen molar-refractivity contribution < 1.29 is 4.79 Å². The second-order valence-corrected chi connectivity index (χ2v) is 5.84. The van der Waals surface area contributed by atoms with E-state index < -0.39 is 11.5 Å². The van der Waals surface area contributed by atoms with Gasteiger partial charge in [0.1, 0.15) is 5.56 Å². The fourth-order valence-electron chi connectivity index (χ4n) is 2.56. The lowest BCUT2D eigenvalue weighted by atomic mass is 10.1. The monoisotopic (exact) mass is 334 g/mol. The van der Waals surface area contributed by atoms with Crippen molar-refractivity contribution in [3.05, 3.63) is 81.4 Å². The van der Waals surface area contributed by atoms with Crippen LogP contribution in [0.3, 0.4) is 0 Å². The summed E-state index contributed by atoms with van der Waals surface area (Å²) in [4.78, 5) is 28.3. The predicted molar refractivity (Wildman–Crippen MR) is 95.2 cm³/mol. The van der Waals surface area contributed by atoms with E-state index >= 15 is 0 Å². The van der Waals surface area contributed by atoms with E-state index in [1.807, 2.05) is 26.0 Å². The molecule has 0 unspecified atom stereocenters. The van der Waals surface area contributed by atoms with Crippen molar-refractivity contribution >= 4 is 5.91 Å². The maximum absolute atomic E-state index is 12.4. The lowest BCUT2D eigenvalue weighted by molar-refractivity contribution is 0.0949. The standard InChI is InChI=1S/C19H18N4O2/c1-12-3-4-15(13(2)9-12)11-21-18(24)16-10-17(22-23-19(16)25)14-5-7-20-8-6-14/h3-10H,11H2,1-2H3,(H,21,24)(H,23,25). The molecule has 126 valence electrons. The minimum atomic E-state index is -0.518. The molecular formula is C19H18N4O2. The first-order chi connectivity index (χ1) is 12.0. The van der Waals surface area contributed by atoms with Gasteiger partial charge in [0.2, 0.25) is 0 Å². The molecule has 6 heteroatoms. The van der Waals surface area contributed by atoms with Gasteiger partial charge in [0.05, 0.1) is 5.69 Å². The first-order valence-electron chi connectivity index (χ1n) is 7.89. The largest absolute Gasteiger partial charge is 0.348 e. The van der Waals surface area contributed by atoms with Crippen molar-refractivity contribution in [2.24, 2.45) is 0 Å². The van der Waals surface area contributed by atoms with Gasteiger partial charge < -0.3 is 5.32 Å². The van der Waals surface area contributed by atoms with E-state index in [0.717, 1.165) is 16.7 Å². The van der Waals surface area contributed by atoms with E-state index in [1.165, 1.54) is 11.6 Å². The van der Waals surface area contributed by atoms with Crippen molar-refractivity contribution in [3.8, 4) is 11.3 Å². The number of aromatic nitrogens is 3. The highest BCUT2D eigenvalue weighted by atomic mass is 16.2. The maximum atomic E-state index is 12.4. The molecule has 0 atom stereocenters. The number of aromatic amines is 1. The molecule has 2 aromatic heterocycles. The molecule has 25 heavy (non-hydrogen) atoms. The normalized spacial score (nSPS) is 10.5. The van der Waals surface area contributed by atoms with Gasteiger partial charge >= 0.3 is 0 Å². The molecule has 0 saturated carbocycles. The zero-order valence-corrected chi connectivity index (χ0v) is 14.0. The lowest BCUT2D eigenvalue weighted by Crippen LogP contribution is -2.30. The quantitative estimate of drug-likeness (QED) is 0.767. The van der Waals surface area contributed by atoms with Gasteiger partial charge in [-0.15, -0.1) is 0 Å². The molecule has 0 aliphatic carbocycles. The molecule has 2 N–H and O–H groups in total. The fourth-order valence-corrected chi connectivity index (χ4v) is 2.56. The number of nitrogens with one attached hydrogen (secondary N) is 2. The van der Waals surface area contributed by atoms with Gasteiger partial charge in [-0.25, -0.2) is 5.10 Å². The maximum Gasteiger partial charge on any atom is 0.277 e. The van der Waals surface area contributed by atoms with Crippen molar-refractivity contribution in [3.63, 3.8) is 0 Å². The Kier molecular flexibility index (Phi) is 4.70. The Bertz CT molecular complexity index is 965. The molecule has 0 aliphatic rings. The second kappa shape index (κ2) is 7.09. The number of amides is 1. The summed E-state index contributed by atoms with van der Waals surface area (Å²) >= 11 is 0. The van der Waals surface area contributed by atoms with Crippen LogP contribution < -0.4 is 10.9 Å². The Morgan fingerprint density at radius 3 is 2.60 bits per heavy atom. The number of carbonyl (C=O) groups is 1. The Hall–Kier alpha value is -3.28. The van der Waals surface area contributed by atoms with Gasteiger partial charge in [-0.05, 0) is 43.2 Å². The minimum absolute atomic E-state index is 0.0339. The molecule has 3 aromatic rings. The number of aryl methyl sites for hydroxylation is 2. The molecule has 0 aliphatic heterocycles. The summed E-state index contributed by atoms with van der Waals surface area (Å²) in [6, 6.07) is 11.0. The van der Waals surface area contributed by atoms with Crippen molar-refractivity contribution in [2.75, 3.05) is 0 Å². The van der Waals surface area contributed by atoms with E-state index in [1.54, 1.807) is 24.5 Å². The average Bonchev–Trinajstić information content (AvgIpc) is 2.62. The molecule has 0 radical (unpaired) electrons. The van der Waals surface area contributed by atoms with E-state index in [9.17, 15) is 9.59 Å². The number of hydrogen-bond donors (Lipinski definition) is 2. The smallest absolute Gasteiger partial charge is 0.277 e. The lowest BCUT2D eigenvalue weighted by Gasteiger charge is -2.09. The number of H-pyrrole nitrogens is 1. The van der Waals surface area contributed by atoms with Crippen LogP contribution in [0.2, 0.25) is 0 Å². The van der Waals surface area contributed by atoms with Crippen LogP contribution >= 0.6 is 0 Å². The number of pyridine rings is 1. The van der Waals surface area contributed by atoms with Crippen LogP contribution in [0.15, 0.2) is 53.6 Å². The Morgan fingerprint density at radius 1 is 1.12 bits per heavy atom. The van der Waals surface area contributed by atoms with Crippen LogP contribution in [0.1, 0.15) is 27.0 Å². The molecule has 0 bridgehead atoms. The van der Waals surface area contributed by atoms with E-state index in [-0.39, 0.29) is 5.56 Å². The van der Waals surface area contributed by atoms with Crippen LogP contribution in [-0.2, 0) is 6.54 Å². The number of nitrogens with zero attached hydrogens (tertiary/aromatic N) is 2. The summed E-state index contributed by atoms with van der Waals surface area (Å²) in [5.41, 5.74) is 4.08. The fraction of sp³-hybridized carbons (Fsp3) is 0.158. The zero-order chi connectivity index (χ0) is 17.8. The van der Waals surface area contributed by atoms with Crippen LogP contribution in [0, 0.1) is 13.8 Å². The minimum Gasteiger partial charge on any atom is -0.348 e. The van der Waals surface area contributed by atoms with Crippen molar-refractivity contribution in [1.82, 2.24) is 20.5 Å². The van der Waals surface area contributed by atoms with Gasteiger partial charge in [0, 0.05) is 24.5 Å². The van der Waals surface area contributed by atoms with E-state index in [2.05, 4.69) is 26.6 Å². The number of carbonyl (C=O) groups excluding carboxylic acids is 1. The highest BCUT2D eigenvalue weighted by Crippen LogP contribution is 2.14. The van der Waals surface area contributed by atoms with Crippen molar-refractivity contribution in [2.45, 2.75) is 20.4 Å². The third-order valence-electron chi connectivity index (χ3n) is 3.96. The van der Waals surface area contributed by atoms with Crippen LogP contribution in [0.25, 0.3) is 11.3 Å². The number of hydrogen-bond acceptors (Lipinski definition) is 4. The molecule has 2 heterocycles. The number of benzene rings is 1.